The molecule has 7 heteroatoms. The van der Waals surface area contributed by atoms with Crippen molar-refractivity contribution in [2.45, 2.75) is 70.4 Å². The maximum Gasteiger partial charge on any atom is 0.191 e. The van der Waals surface area contributed by atoms with E-state index in [4.69, 9.17) is 4.99 Å². The molecule has 1 aliphatic carbocycles. The number of hydrogen-bond acceptors (Lipinski definition) is 4. The molecule has 7 nitrogen and oxygen atoms in total. The Kier molecular flexibility index (Phi) is 6.98. The van der Waals surface area contributed by atoms with Crippen molar-refractivity contribution in [1.82, 2.24) is 30.1 Å². The second-order valence-corrected chi connectivity index (χ2v) is 8.30. The van der Waals surface area contributed by atoms with Gasteiger partial charge in [0, 0.05) is 50.9 Å². The Morgan fingerprint density at radius 2 is 1.93 bits per heavy atom. The molecule has 0 spiro atoms. The van der Waals surface area contributed by atoms with Crippen LogP contribution in [0.5, 0.6) is 0 Å². The average Bonchev–Trinajstić information content (AvgIpc) is 3.18. The highest BCUT2D eigenvalue weighted by Crippen LogP contribution is 2.25. The van der Waals surface area contributed by atoms with Crippen LogP contribution in [-0.2, 0) is 6.42 Å². The summed E-state index contributed by atoms with van der Waals surface area (Å²) < 4.78 is 2.04. The number of piperidine rings is 1. The van der Waals surface area contributed by atoms with Gasteiger partial charge in [-0.15, -0.1) is 10.2 Å². The molecule has 2 aromatic heterocycles. The zero-order chi connectivity index (χ0) is 19.9. The number of nitrogens with one attached hydrogen (secondary N) is 2. The fraction of sp³-hybridized carbons (Fsp3) is 0.682. The molecule has 158 valence electrons. The first-order valence-electron chi connectivity index (χ1n) is 11.4. The molecule has 0 unspecified atom stereocenters. The van der Waals surface area contributed by atoms with E-state index in [0.29, 0.717) is 12.6 Å². The first-order valence-corrected chi connectivity index (χ1v) is 11.4. The van der Waals surface area contributed by atoms with Gasteiger partial charge >= 0.3 is 0 Å². The molecule has 2 N–H and O–H groups in total. The van der Waals surface area contributed by atoms with Crippen LogP contribution in [0.4, 0.5) is 0 Å². The lowest BCUT2D eigenvalue weighted by Gasteiger charge is -2.39. The minimum absolute atomic E-state index is 0.515. The van der Waals surface area contributed by atoms with Crippen LogP contribution in [0.15, 0.2) is 29.4 Å². The van der Waals surface area contributed by atoms with Gasteiger partial charge in [-0.05, 0) is 44.7 Å². The van der Waals surface area contributed by atoms with Gasteiger partial charge in [-0.1, -0.05) is 25.3 Å². The van der Waals surface area contributed by atoms with E-state index >= 15 is 0 Å². The molecule has 3 heterocycles. The maximum absolute atomic E-state index is 4.80. The topological polar surface area (TPSA) is 69.8 Å². The van der Waals surface area contributed by atoms with Gasteiger partial charge in [0.05, 0.1) is 0 Å². The smallest absolute Gasteiger partial charge is 0.191 e. The van der Waals surface area contributed by atoms with Gasteiger partial charge in [-0.25, -0.2) is 0 Å². The number of likely N-dealkylation sites (tertiary alicyclic amines) is 1. The summed E-state index contributed by atoms with van der Waals surface area (Å²) in [7, 11) is 0. The third-order valence-electron chi connectivity index (χ3n) is 6.30. The third kappa shape index (κ3) is 5.26. The van der Waals surface area contributed by atoms with Crippen molar-refractivity contribution in [3.05, 3.63) is 30.2 Å². The van der Waals surface area contributed by atoms with Gasteiger partial charge in [0.25, 0.3) is 0 Å². The Morgan fingerprint density at radius 3 is 2.72 bits per heavy atom. The largest absolute Gasteiger partial charge is 0.357 e. The van der Waals surface area contributed by atoms with Gasteiger partial charge in [0.2, 0.25) is 0 Å². The summed E-state index contributed by atoms with van der Waals surface area (Å²) >= 11 is 0. The molecule has 1 saturated heterocycles. The summed E-state index contributed by atoms with van der Waals surface area (Å²) in [5.41, 5.74) is 0.890. The summed E-state index contributed by atoms with van der Waals surface area (Å²) in [6, 6.07) is 7.32. The molecule has 0 amide bonds. The summed E-state index contributed by atoms with van der Waals surface area (Å²) in [5.74, 6) is 1.89. The lowest BCUT2D eigenvalue weighted by atomic mass is 9.92. The predicted octanol–water partition coefficient (Wildman–Crippen LogP) is 2.62. The average molecular weight is 398 g/mol. The van der Waals surface area contributed by atoms with Crippen molar-refractivity contribution < 1.29 is 0 Å². The van der Waals surface area contributed by atoms with E-state index in [-0.39, 0.29) is 0 Å². The van der Waals surface area contributed by atoms with Crippen molar-refractivity contribution >= 4 is 11.6 Å². The zero-order valence-electron chi connectivity index (χ0n) is 17.7. The van der Waals surface area contributed by atoms with Crippen LogP contribution < -0.4 is 10.6 Å². The van der Waals surface area contributed by atoms with Crippen molar-refractivity contribution in [1.29, 1.82) is 0 Å². The molecule has 0 radical (unpaired) electrons. The van der Waals surface area contributed by atoms with Crippen molar-refractivity contribution in [2.24, 2.45) is 4.99 Å². The molecule has 29 heavy (non-hydrogen) atoms. The molecule has 1 aliphatic heterocycles. The van der Waals surface area contributed by atoms with Gasteiger partial charge in [-0.3, -0.25) is 9.39 Å². The van der Waals surface area contributed by atoms with Crippen LogP contribution in [0.2, 0.25) is 0 Å². The first kappa shape index (κ1) is 20.1. The van der Waals surface area contributed by atoms with Gasteiger partial charge in [-0.2, -0.15) is 0 Å². The highest BCUT2D eigenvalue weighted by Gasteiger charge is 2.26. The second kappa shape index (κ2) is 10.1. The van der Waals surface area contributed by atoms with E-state index in [1.54, 1.807) is 0 Å². The first-order chi connectivity index (χ1) is 14.3. The number of nitrogens with zero attached hydrogens (tertiary/aromatic N) is 5. The van der Waals surface area contributed by atoms with E-state index in [9.17, 15) is 0 Å². The SMILES string of the molecule is CCNC(=NCCc1nnc2ccccn12)NC1CCN(C2CCCCC2)CC1. The highest BCUT2D eigenvalue weighted by atomic mass is 15.2. The summed E-state index contributed by atoms with van der Waals surface area (Å²) in [4.78, 5) is 7.53. The lowest BCUT2D eigenvalue weighted by molar-refractivity contribution is 0.119. The molecule has 2 fully saturated rings. The summed E-state index contributed by atoms with van der Waals surface area (Å²) in [5, 5.41) is 15.6. The zero-order valence-corrected chi connectivity index (χ0v) is 17.7. The van der Waals surface area contributed by atoms with Crippen LogP contribution in [0.1, 0.15) is 57.7 Å². The highest BCUT2D eigenvalue weighted by molar-refractivity contribution is 5.80. The molecule has 4 rings (SSSR count). The van der Waals surface area contributed by atoms with Crippen molar-refractivity contribution in [3.8, 4) is 0 Å². The fourth-order valence-corrected chi connectivity index (χ4v) is 4.70. The number of guanidine groups is 1. The van der Waals surface area contributed by atoms with E-state index in [1.807, 2.05) is 28.8 Å². The second-order valence-electron chi connectivity index (χ2n) is 8.30. The van der Waals surface area contributed by atoms with Gasteiger partial charge in [0.15, 0.2) is 11.6 Å². The molecule has 0 atom stereocenters. The molecule has 0 bridgehead atoms. The predicted molar refractivity (Wildman–Crippen MR) is 117 cm³/mol. The Bertz CT molecular complexity index is 785. The van der Waals surface area contributed by atoms with E-state index in [0.717, 1.165) is 36.4 Å². The third-order valence-corrected chi connectivity index (χ3v) is 6.30. The van der Waals surface area contributed by atoms with E-state index in [1.165, 1.54) is 58.0 Å². The maximum atomic E-state index is 4.80. The number of rotatable bonds is 6. The molecule has 1 saturated carbocycles. The number of pyridine rings is 1. The number of hydrogen-bond donors (Lipinski definition) is 2. The lowest BCUT2D eigenvalue weighted by Crippen LogP contribution is -2.51. The van der Waals surface area contributed by atoms with E-state index < -0.39 is 0 Å². The van der Waals surface area contributed by atoms with Gasteiger partial charge in [0.1, 0.15) is 5.82 Å². The normalized spacial score (nSPS) is 20.2. The number of aliphatic imine (C=N–C) groups is 1. The van der Waals surface area contributed by atoms with Crippen LogP contribution >= 0.6 is 0 Å². The van der Waals surface area contributed by atoms with Crippen LogP contribution in [0, 0.1) is 0 Å². The van der Waals surface area contributed by atoms with Crippen molar-refractivity contribution in [2.75, 3.05) is 26.2 Å². The molecular formula is C22H35N7. The molecule has 0 aromatic carbocycles. The van der Waals surface area contributed by atoms with E-state index in [2.05, 4.69) is 32.7 Å². The minimum atomic E-state index is 0.515. The molecular weight excluding hydrogens is 362 g/mol. The van der Waals surface area contributed by atoms with Crippen LogP contribution in [0.25, 0.3) is 5.65 Å². The molecule has 2 aliphatic rings. The number of aromatic nitrogens is 3. The fourth-order valence-electron chi connectivity index (χ4n) is 4.70. The summed E-state index contributed by atoms with van der Waals surface area (Å²) in [6.07, 6.45) is 12.3. The van der Waals surface area contributed by atoms with Gasteiger partial charge < -0.3 is 15.5 Å². The Labute approximate surface area is 174 Å². The Hall–Kier alpha value is -2.15. The quantitative estimate of drug-likeness (QED) is 0.579. The summed E-state index contributed by atoms with van der Waals surface area (Å²) in [6.45, 7) is 6.13. The molecule has 2 aromatic rings. The monoisotopic (exact) mass is 397 g/mol. The number of fused-ring (bicyclic) bond motifs is 1. The minimum Gasteiger partial charge on any atom is -0.357 e. The Balaban J connectivity index is 1.27. The van der Waals surface area contributed by atoms with Crippen LogP contribution in [0.3, 0.4) is 0 Å². The van der Waals surface area contributed by atoms with Crippen LogP contribution in [-0.4, -0.2) is 63.7 Å². The standard InChI is InChI=1S/C22H35N7/c1-2-23-22(24-14-11-21-27-26-20-10-6-7-15-29(20)21)25-18-12-16-28(17-13-18)19-8-4-3-5-9-19/h6-7,10,15,18-19H,2-5,8-9,11-14,16-17H2,1H3,(H2,23,24,25). The van der Waals surface area contributed by atoms with Crippen molar-refractivity contribution in [3.63, 3.8) is 0 Å². The Morgan fingerprint density at radius 1 is 1.10 bits per heavy atom.